The molecular formula is C27H40N4O3. The highest BCUT2D eigenvalue weighted by molar-refractivity contribution is 5.92. The highest BCUT2D eigenvalue weighted by atomic mass is 16.5. The van der Waals surface area contributed by atoms with Gasteiger partial charge in [-0.2, -0.15) is 0 Å². The molecule has 0 spiro atoms. The minimum Gasteiger partial charge on any atom is -0.478 e. The molecular weight excluding hydrogens is 428 g/mol. The van der Waals surface area contributed by atoms with Gasteiger partial charge in [0.15, 0.2) is 5.76 Å². The molecule has 2 aliphatic heterocycles. The number of hydrogen-bond acceptors (Lipinski definition) is 4. The Morgan fingerprint density at radius 1 is 1.15 bits per heavy atom. The molecule has 34 heavy (non-hydrogen) atoms. The summed E-state index contributed by atoms with van der Waals surface area (Å²) in [5, 5.41) is 2.96. The number of ether oxygens (including phenoxy) is 1. The van der Waals surface area contributed by atoms with Gasteiger partial charge in [-0.05, 0) is 92.4 Å². The zero-order valence-corrected chi connectivity index (χ0v) is 20.6. The minimum absolute atomic E-state index is 0.0961. The number of carbonyl (C=O) groups excluding carboxylic acids is 2. The summed E-state index contributed by atoms with van der Waals surface area (Å²) in [5.41, 5.74) is 5.39. The average molecular weight is 469 g/mol. The smallest absolute Gasteiger partial charge is 0.314 e. The van der Waals surface area contributed by atoms with Gasteiger partial charge in [0, 0.05) is 38.5 Å². The van der Waals surface area contributed by atoms with E-state index in [0.717, 1.165) is 12.8 Å². The molecule has 7 aliphatic rings. The van der Waals surface area contributed by atoms with Crippen LogP contribution in [-0.4, -0.2) is 49.3 Å². The first kappa shape index (κ1) is 23.4. The van der Waals surface area contributed by atoms with Crippen LogP contribution in [0.2, 0.25) is 0 Å². The standard InChI is InChI=1S/C17H24N4O3.C10H16/c1-17(4-6-21(2)16(18)23)8-12(17)9-20-15(22)13-7-11-3-5-19-10-14(11)24-13;1-7-2-9-4-8(1)5-10(3-7)6-9/h3,5,7,10-12,14H,4,6,8-9H2,1-2H3,(H2,18,23)(H,20,22);7-10H,1-6H2. The molecule has 3 N–H and O–H groups in total. The normalized spacial score (nSPS) is 39.9. The third-order valence-electron chi connectivity index (χ3n) is 9.28. The van der Waals surface area contributed by atoms with Crippen molar-refractivity contribution in [1.82, 2.24) is 10.2 Å². The topological polar surface area (TPSA) is 97.0 Å². The Bertz CT molecular complexity index is 840. The second-order valence-corrected chi connectivity index (χ2v) is 12.0. The van der Waals surface area contributed by atoms with Crippen LogP contribution in [0.3, 0.4) is 0 Å². The van der Waals surface area contributed by atoms with E-state index in [0.29, 0.717) is 24.8 Å². The summed E-state index contributed by atoms with van der Waals surface area (Å²) in [4.78, 5) is 28.8. The molecule has 5 aliphatic carbocycles. The number of nitrogens with zero attached hydrogens (tertiary/aromatic N) is 2. The monoisotopic (exact) mass is 468 g/mol. The molecule has 7 heteroatoms. The number of urea groups is 1. The van der Waals surface area contributed by atoms with Crippen LogP contribution in [0.4, 0.5) is 4.79 Å². The molecule has 0 radical (unpaired) electrons. The molecule has 4 bridgehead atoms. The number of primary amides is 1. The van der Waals surface area contributed by atoms with Gasteiger partial charge in [0.25, 0.3) is 5.91 Å². The first-order chi connectivity index (χ1) is 16.3. The van der Waals surface area contributed by atoms with E-state index in [4.69, 9.17) is 10.5 Å². The molecule has 0 aromatic carbocycles. The minimum atomic E-state index is -0.409. The van der Waals surface area contributed by atoms with Crippen LogP contribution in [0, 0.1) is 40.9 Å². The van der Waals surface area contributed by atoms with Gasteiger partial charge in [0.05, 0.1) is 0 Å². The summed E-state index contributed by atoms with van der Waals surface area (Å²) >= 11 is 0. The third kappa shape index (κ3) is 5.18. The van der Waals surface area contributed by atoms with Crippen molar-refractivity contribution in [3.05, 3.63) is 24.1 Å². The maximum absolute atomic E-state index is 12.2. The molecule has 5 fully saturated rings. The van der Waals surface area contributed by atoms with Crippen LogP contribution in [0.15, 0.2) is 29.1 Å². The highest BCUT2D eigenvalue weighted by Gasteiger charge is 2.49. The Morgan fingerprint density at radius 2 is 1.76 bits per heavy atom. The van der Waals surface area contributed by atoms with Crippen molar-refractivity contribution in [3.8, 4) is 0 Å². The fourth-order valence-corrected chi connectivity index (χ4v) is 7.19. The maximum Gasteiger partial charge on any atom is 0.314 e. The van der Waals surface area contributed by atoms with Gasteiger partial charge in [-0.15, -0.1) is 0 Å². The Balaban J connectivity index is 0.000000196. The van der Waals surface area contributed by atoms with Gasteiger partial charge >= 0.3 is 6.03 Å². The van der Waals surface area contributed by atoms with Crippen molar-refractivity contribution in [3.63, 3.8) is 0 Å². The van der Waals surface area contributed by atoms with Crippen molar-refractivity contribution in [2.75, 3.05) is 20.1 Å². The third-order valence-corrected chi connectivity index (χ3v) is 9.28. The number of nitrogens with two attached hydrogens (primary N) is 1. The maximum atomic E-state index is 12.2. The molecule has 7 nitrogen and oxygen atoms in total. The van der Waals surface area contributed by atoms with Crippen molar-refractivity contribution in [1.29, 1.82) is 0 Å². The van der Waals surface area contributed by atoms with Gasteiger partial charge in [-0.3, -0.25) is 9.79 Å². The predicted molar refractivity (Wildman–Crippen MR) is 132 cm³/mol. The molecule has 186 valence electrons. The van der Waals surface area contributed by atoms with Crippen LogP contribution in [-0.2, 0) is 9.53 Å². The van der Waals surface area contributed by atoms with Crippen LogP contribution in [0.1, 0.15) is 58.3 Å². The number of fused-ring (bicyclic) bond motifs is 1. The van der Waals surface area contributed by atoms with Gasteiger partial charge in [0.1, 0.15) is 6.10 Å². The lowest BCUT2D eigenvalue weighted by Crippen LogP contribution is -2.38. The quantitative estimate of drug-likeness (QED) is 0.619. The Kier molecular flexibility index (Phi) is 6.47. The van der Waals surface area contributed by atoms with E-state index in [1.807, 2.05) is 12.2 Å². The fraction of sp³-hybridized carbons (Fsp3) is 0.741. The largest absolute Gasteiger partial charge is 0.478 e. The molecule has 0 aromatic rings. The number of amides is 3. The van der Waals surface area contributed by atoms with Crippen molar-refractivity contribution in [2.45, 2.75) is 64.4 Å². The number of hydrogen-bond donors (Lipinski definition) is 2. The van der Waals surface area contributed by atoms with E-state index >= 15 is 0 Å². The number of rotatable bonds is 6. The molecule has 2 heterocycles. The predicted octanol–water partition coefficient (Wildman–Crippen LogP) is 3.86. The summed E-state index contributed by atoms with van der Waals surface area (Å²) in [6.07, 6.45) is 18.6. The second-order valence-electron chi connectivity index (χ2n) is 12.0. The first-order valence-corrected chi connectivity index (χ1v) is 13.2. The van der Waals surface area contributed by atoms with Crippen molar-refractivity contribution < 1.29 is 14.3 Å². The van der Waals surface area contributed by atoms with Gasteiger partial charge in [-0.25, -0.2) is 4.79 Å². The summed E-state index contributed by atoms with van der Waals surface area (Å²) in [5.74, 6) is 5.43. The van der Waals surface area contributed by atoms with E-state index < -0.39 is 6.03 Å². The lowest BCUT2D eigenvalue weighted by Gasteiger charge is -2.49. The molecule has 4 unspecified atom stereocenters. The Morgan fingerprint density at radius 3 is 2.32 bits per heavy atom. The van der Waals surface area contributed by atoms with Crippen LogP contribution in [0.5, 0.6) is 0 Å². The molecule has 0 saturated heterocycles. The summed E-state index contributed by atoms with van der Waals surface area (Å²) in [6.45, 7) is 3.44. The van der Waals surface area contributed by atoms with Crippen molar-refractivity contribution in [2.24, 2.45) is 51.6 Å². The number of aliphatic imine (C=N–C) groups is 1. The zero-order valence-electron chi connectivity index (χ0n) is 20.6. The van der Waals surface area contributed by atoms with Crippen LogP contribution < -0.4 is 11.1 Å². The van der Waals surface area contributed by atoms with Crippen LogP contribution >= 0.6 is 0 Å². The Labute approximate surface area is 203 Å². The van der Waals surface area contributed by atoms with E-state index in [1.165, 1.54) is 28.6 Å². The summed E-state index contributed by atoms with van der Waals surface area (Å²) in [7, 11) is 1.70. The van der Waals surface area contributed by atoms with Crippen LogP contribution in [0.25, 0.3) is 0 Å². The molecule has 5 saturated carbocycles. The van der Waals surface area contributed by atoms with Gasteiger partial charge in [-0.1, -0.05) is 13.0 Å². The lowest BCUT2D eigenvalue weighted by molar-refractivity contribution is -0.120. The van der Waals surface area contributed by atoms with E-state index in [2.05, 4.69) is 17.2 Å². The first-order valence-electron chi connectivity index (χ1n) is 13.2. The fourth-order valence-electron chi connectivity index (χ4n) is 7.19. The highest BCUT2D eigenvalue weighted by Crippen LogP contribution is 2.55. The van der Waals surface area contributed by atoms with E-state index in [9.17, 15) is 9.59 Å². The summed E-state index contributed by atoms with van der Waals surface area (Å²) in [6, 6.07) is -0.409. The van der Waals surface area contributed by atoms with Crippen molar-refractivity contribution >= 4 is 18.2 Å². The summed E-state index contributed by atoms with van der Waals surface area (Å²) < 4.78 is 5.63. The molecule has 3 amide bonds. The Hall–Kier alpha value is -2.31. The average Bonchev–Trinajstić information content (AvgIpc) is 3.24. The van der Waals surface area contributed by atoms with Gasteiger partial charge in [0.2, 0.25) is 0 Å². The van der Waals surface area contributed by atoms with E-state index in [1.54, 1.807) is 58.0 Å². The number of nitrogens with one attached hydrogen (secondary N) is 1. The lowest BCUT2D eigenvalue weighted by atomic mass is 9.56. The zero-order chi connectivity index (χ0) is 23.9. The SMILES string of the molecule is C1C2CC3CC1CC(C2)C3.CN(CCC1(C)CC1CNC(=O)C1=CC2C=CN=CC2O1)C(N)=O. The molecule has 0 aromatic heterocycles. The van der Waals surface area contributed by atoms with E-state index in [-0.39, 0.29) is 23.3 Å². The molecule has 7 rings (SSSR count). The van der Waals surface area contributed by atoms with Gasteiger partial charge < -0.3 is 20.7 Å². The molecule has 4 atom stereocenters. The number of carbonyl (C=O) groups is 2. The second kappa shape index (κ2) is 9.38.